The van der Waals surface area contributed by atoms with E-state index in [0.717, 1.165) is 25.2 Å². The van der Waals surface area contributed by atoms with Crippen molar-refractivity contribution in [3.05, 3.63) is 22.7 Å². The molecule has 0 aliphatic carbocycles. The third-order valence-corrected chi connectivity index (χ3v) is 4.15. The second-order valence-electron chi connectivity index (χ2n) is 5.37. The number of halogens is 2. The van der Waals surface area contributed by atoms with Crippen molar-refractivity contribution in [1.82, 2.24) is 10.2 Å². The molecule has 0 unspecified atom stereocenters. The third kappa shape index (κ3) is 4.74. The summed E-state index contributed by atoms with van der Waals surface area (Å²) in [4.78, 5) is 14.4. The number of nitrogens with one attached hydrogen (secondary N) is 2. The normalized spacial score (nSPS) is 18.5. The molecule has 1 aliphatic heterocycles. The van der Waals surface area contributed by atoms with Crippen molar-refractivity contribution in [1.29, 1.82) is 0 Å². The van der Waals surface area contributed by atoms with Crippen LogP contribution in [0.3, 0.4) is 0 Å². The Bertz CT molecular complexity index is 526. The number of hydrogen-bond donors (Lipinski definition) is 2. The van der Waals surface area contributed by atoms with Crippen LogP contribution in [-0.2, 0) is 4.79 Å². The predicted octanol–water partition coefficient (Wildman–Crippen LogP) is 2.31. The van der Waals surface area contributed by atoms with Crippen molar-refractivity contribution in [2.24, 2.45) is 0 Å². The molecule has 1 saturated heterocycles. The lowest BCUT2D eigenvalue weighted by molar-refractivity contribution is -0.118. The molecule has 1 fully saturated rings. The molecule has 22 heavy (non-hydrogen) atoms. The molecule has 1 aromatic carbocycles. The molecule has 1 aromatic rings. The minimum atomic E-state index is -0.0382. The zero-order valence-corrected chi connectivity index (χ0v) is 14.7. The summed E-state index contributed by atoms with van der Waals surface area (Å²) in [6.45, 7) is 7.11. The molecule has 1 atom stereocenters. The van der Waals surface area contributed by atoms with Crippen molar-refractivity contribution in [2.45, 2.75) is 19.9 Å². The van der Waals surface area contributed by atoms with E-state index in [4.69, 9.17) is 16.3 Å². The number of rotatable bonds is 4. The van der Waals surface area contributed by atoms with Crippen LogP contribution in [0.5, 0.6) is 5.75 Å². The van der Waals surface area contributed by atoms with Crippen LogP contribution >= 0.6 is 24.0 Å². The summed E-state index contributed by atoms with van der Waals surface area (Å²) in [5, 5.41) is 6.85. The summed E-state index contributed by atoms with van der Waals surface area (Å²) in [7, 11) is 1.56. The maximum absolute atomic E-state index is 12.2. The van der Waals surface area contributed by atoms with E-state index in [1.165, 1.54) is 0 Å². The molecule has 0 spiro atoms. The van der Waals surface area contributed by atoms with E-state index in [1.54, 1.807) is 13.2 Å². The average Bonchev–Trinajstić information content (AvgIpc) is 2.45. The zero-order chi connectivity index (χ0) is 15.4. The first kappa shape index (κ1) is 19.0. The summed E-state index contributed by atoms with van der Waals surface area (Å²) >= 11 is 6.07. The minimum Gasteiger partial charge on any atom is -0.495 e. The van der Waals surface area contributed by atoms with Gasteiger partial charge in [-0.3, -0.25) is 9.69 Å². The highest BCUT2D eigenvalue weighted by Crippen LogP contribution is 2.30. The van der Waals surface area contributed by atoms with Crippen LogP contribution in [-0.4, -0.2) is 50.1 Å². The molecule has 1 aliphatic rings. The summed E-state index contributed by atoms with van der Waals surface area (Å²) in [6.07, 6.45) is 0. The van der Waals surface area contributed by atoms with Gasteiger partial charge >= 0.3 is 0 Å². The highest BCUT2D eigenvalue weighted by molar-refractivity contribution is 6.31. The molecule has 0 aromatic heterocycles. The number of carbonyl (C=O) groups excluding carboxylic acids is 1. The summed E-state index contributed by atoms with van der Waals surface area (Å²) in [5.74, 6) is 0.538. The molecule has 2 N–H and O–H groups in total. The summed E-state index contributed by atoms with van der Waals surface area (Å²) in [6, 6.07) is 3.92. The van der Waals surface area contributed by atoms with Crippen LogP contribution in [0.15, 0.2) is 12.1 Å². The van der Waals surface area contributed by atoms with Crippen molar-refractivity contribution in [3.8, 4) is 5.75 Å². The SMILES string of the molecule is COc1cc(Cl)c(C)cc1NC(=O)CN1CCNC[C@H]1C.Cl. The van der Waals surface area contributed by atoms with Crippen molar-refractivity contribution >= 4 is 35.6 Å². The lowest BCUT2D eigenvalue weighted by Gasteiger charge is -2.33. The van der Waals surface area contributed by atoms with E-state index in [-0.39, 0.29) is 18.3 Å². The lowest BCUT2D eigenvalue weighted by Crippen LogP contribution is -2.52. The quantitative estimate of drug-likeness (QED) is 0.877. The van der Waals surface area contributed by atoms with Crippen LogP contribution < -0.4 is 15.4 Å². The maximum atomic E-state index is 12.2. The molecule has 0 bridgehead atoms. The lowest BCUT2D eigenvalue weighted by atomic mass is 10.2. The molecule has 1 amide bonds. The van der Waals surface area contributed by atoms with Crippen molar-refractivity contribution in [3.63, 3.8) is 0 Å². The van der Waals surface area contributed by atoms with Gasteiger partial charge in [0.1, 0.15) is 5.75 Å². The Labute approximate surface area is 142 Å². The van der Waals surface area contributed by atoms with Gasteiger partial charge in [0.15, 0.2) is 0 Å². The molecule has 2 rings (SSSR count). The monoisotopic (exact) mass is 347 g/mol. The summed E-state index contributed by atoms with van der Waals surface area (Å²) < 4.78 is 5.27. The van der Waals surface area contributed by atoms with Gasteiger partial charge in [-0.1, -0.05) is 11.6 Å². The van der Waals surface area contributed by atoms with Crippen molar-refractivity contribution < 1.29 is 9.53 Å². The summed E-state index contributed by atoms with van der Waals surface area (Å²) in [5.41, 5.74) is 1.57. The van der Waals surface area contributed by atoms with E-state index in [1.807, 2.05) is 13.0 Å². The smallest absolute Gasteiger partial charge is 0.238 e. The van der Waals surface area contributed by atoms with Gasteiger partial charge in [0.25, 0.3) is 0 Å². The van der Waals surface area contributed by atoms with Crippen LogP contribution in [0.25, 0.3) is 0 Å². The van der Waals surface area contributed by atoms with Crippen LogP contribution in [0.4, 0.5) is 5.69 Å². The molecular weight excluding hydrogens is 325 g/mol. The number of amides is 1. The first-order chi connectivity index (χ1) is 10.0. The predicted molar refractivity (Wildman–Crippen MR) is 92.5 cm³/mol. The van der Waals surface area contributed by atoms with E-state index in [0.29, 0.717) is 29.0 Å². The third-order valence-electron chi connectivity index (χ3n) is 3.74. The number of piperazine rings is 1. The van der Waals surface area contributed by atoms with Crippen LogP contribution in [0, 0.1) is 6.92 Å². The topological polar surface area (TPSA) is 53.6 Å². The first-order valence-corrected chi connectivity index (χ1v) is 7.48. The van der Waals surface area contributed by atoms with Gasteiger partial charge in [-0.2, -0.15) is 0 Å². The maximum Gasteiger partial charge on any atom is 0.238 e. The molecule has 7 heteroatoms. The van der Waals surface area contributed by atoms with Gasteiger partial charge in [-0.25, -0.2) is 0 Å². The number of aryl methyl sites for hydroxylation is 1. The number of benzene rings is 1. The van der Waals surface area contributed by atoms with Crippen LogP contribution in [0.2, 0.25) is 5.02 Å². The number of ether oxygens (including phenoxy) is 1. The second-order valence-corrected chi connectivity index (χ2v) is 5.78. The highest BCUT2D eigenvalue weighted by atomic mass is 35.5. The van der Waals surface area contributed by atoms with E-state index < -0.39 is 0 Å². The Morgan fingerprint density at radius 1 is 1.55 bits per heavy atom. The fraction of sp³-hybridized carbons (Fsp3) is 0.533. The van der Waals surface area contributed by atoms with Crippen LogP contribution in [0.1, 0.15) is 12.5 Å². The molecule has 124 valence electrons. The number of nitrogens with zero attached hydrogens (tertiary/aromatic N) is 1. The van der Waals surface area contributed by atoms with Gasteiger partial charge in [0, 0.05) is 36.8 Å². The number of carbonyl (C=O) groups is 1. The molecule has 0 radical (unpaired) electrons. The van der Waals surface area contributed by atoms with Gasteiger partial charge in [-0.15, -0.1) is 12.4 Å². The van der Waals surface area contributed by atoms with E-state index >= 15 is 0 Å². The number of anilines is 1. The number of methoxy groups -OCH3 is 1. The fourth-order valence-corrected chi connectivity index (χ4v) is 2.58. The first-order valence-electron chi connectivity index (χ1n) is 7.10. The fourth-order valence-electron chi connectivity index (χ4n) is 2.42. The Morgan fingerprint density at radius 3 is 2.91 bits per heavy atom. The molecular formula is C15H23Cl2N3O2. The molecule has 0 saturated carbocycles. The Balaban J connectivity index is 0.00000242. The van der Waals surface area contributed by atoms with Gasteiger partial charge < -0.3 is 15.4 Å². The zero-order valence-electron chi connectivity index (χ0n) is 13.1. The van der Waals surface area contributed by atoms with Gasteiger partial charge in [-0.05, 0) is 25.5 Å². The van der Waals surface area contributed by atoms with Gasteiger partial charge in [0.05, 0.1) is 19.3 Å². The van der Waals surface area contributed by atoms with E-state index in [9.17, 15) is 4.79 Å². The molecule has 1 heterocycles. The van der Waals surface area contributed by atoms with Gasteiger partial charge in [0.2, 0.25) is 5.91 Å². The standard InChI is InChI=1S/C15H22ClN3O2.ClH/c1-10-6-13(14(21-3)7-12(10)16)18-15(20)9-19-5-4-17-8-11(19)2;/h6-7,11,17H,4-5,8-9H2,1-3H3,(H,18,20);1H/t11-;/m1./s1. The minimum absolute atomic E-state index is 0. The van der Waals surface area contributed by atoms with E-state index in [2.05, 4.69) is 22.5 Å². The van der Waals surface area contributed by atoms with Crippen molar-refractivity contribution in [2.75, 3.05) is 38.6 Å². The largest absolute Gasteiger partial charge is 0.495 e. The average molecular weight is 348 g/mol. The Hall–Kier alpha value is -1.01. The number of hydrogen-bond acceptors (Lipinski definition) is 4. The second kappa shape index (κ2) is 8.58. The molecule has 5 nitrogen and oxygen atoms in total. The Morgan fingerprint density at radius 2 is 2.27 bits per heavy atom. The Kier molecular flexibility index (Phi) is 7.42. The highest BCUT2D eigenvalue weighted by Gasteiger charge is 2.20.